The van der Waals surface area contributed by atoms with Gasteiger partial charge in [-0.25, -0.2) is 14.4 Å². The zero-order valence-corrected chi connectivity index (χ0v) is 28.7. The van der Waals surface area contributed by atoms with Crippen molar-refractivity contribution >= 4 is 42.8 Å². The number of pyridine rings is 1. The number of nitrogens with zero attached hydrogens (tertiary/aromatic N) is 4. The van der Waals surface area contributed by atoms with Crippen molar-refractivity contribution in [3.8, 4) is 23.0 Å². The van der Waals surface area contributed by atoms with Crippen molar-refractivity contribution in [3.63, 3.8) is 0 Å². The number of hydrogen-bond donors (Lipinski definition) is 2. The molecule has 3 heterocycles. The van der Waals surface area contributed by atoms with Crippen molar-refractivity contribution in [2.75, 3.05) is 43.6 Å². The second-order valence-electron chi connectivity index (χ2n) is 8.55. The van der Waals surface area contributed by atoms with E-state index in [4.69, 9.17) is 20.3 Å². The van der Waals surface area contributed by atoms with Gasteiger partial charge in [-0.2, -0.15) is 4.98 Å². The first-order chi connectivity index (χ1) is 19.3. The minimum atomic E-state index is -5.44. The molecular weight excluding hydrogens is 600 g/mol. The summed E-state index contributed by atoms with van der Waals surface area (Å²) in [6.45, 7) is 1.90. The van der Waals surface area contributed by atoms with E-state index in [2.05, 4.69) is 30.1 Å². The van der Waals surface area contributed by atoms with Gasteiger partial charge in [0.25, 0.3) is 5.91 Å². The van der Waals surface area contributed by atoms with Gasteiger partial charge in [0.2, 0.25) is 11.7 Å². The first-order valence-electron chi connectivity index (χ1n) is 11.8. The SMILES string of the molecule is [2H]c1nc(Nc2cc(OC)c(OC)c(OC)c2)nc(Nc2ccc3c(n2)N(COP(=O)([O-])[O-])C(=O)C(C)(C)O3)c1F.[Na+].[Na+]. The Hall–Kier alpha value is -2.24. The third kappa shape index (κ3) is 8.23. The van der Waals surface area contributed by atoms with Crippen molar-refractivity contribution in [1.82, 2.24) is 15.0 Å². The molecular formula is C23H24FN6Na2O9P. The van der Waals surface area contributed by atoms with Gasteiger partial charge in [-0.15, -0.1) is 0 Å². The van der Waals surface area contributed by atoms with Crippen molar-refractivity contribution in [1.29, 1.82) is 0 Å². The molecule has 42 heavy (non-hydrogen) atoms. The Labute approximate surface area is 285 Å². The molecule has 0 unspecified atom stereocenters. The van der Waals surface area contributed by atoms with Crippen molar-refractivity contribution in [2.24, 2.45) is 0 Å². The number of ether oxygens (including phenoxy) is 4. The molecule has 1 aromatic carbocycles. The summed E-state index contributed by atoms with van der Waals surface area (Å²) >= 11 is 0. The first-order valence-corrected chi connectivity index (χ1v) is 12.8. The van der Waals surface area contributed by atoms with E-state index in [1.165, 1.54) is 47.3 Å². The number of fused-ring (bicyclic) bond motifs is 1. The Balaban J connectivity index is 0.00000323. The third-order valence-corrected chi connectivity index (χ3v) is 5.85. The van der Waals surface area contributed by atoms with Crippen LogP contribution in [0.1, 0.15) is 15.2 Å². The van der Waals surface area contributed by atoms with Crippen LogP contribution in [0.3, 0.4) is 0 Å². The number of carbonyl (C=O) groups excluding carboxylic acids is 1. The summed E-state index contributed by atoms with van der Waals surface area (Å²) in [5.41, 5.74) is -1.07. The number of phosphoric acid groups is 1. The molecule has 19 heteroatoms. The van der Waals surface area contributed by atoms with Crippen molar-refractivity contribution in [2.45, 2.75) is 19.4 Å². The topological polar surface area (TPSA) is 192 Å². The average molecular weight is 625 g/mol. The summed E-state index contributed by atoms with van der Waals surface area (Å²) in [7, 11) is -1.14. The van der Waals surface area contributed by atoms with E-state index in [9.17, 15) is 23.5 Å². The maximum atomic E-state index is 14.9. The number of nitrogens with one attached hydrogen (secondary N) is 2. The molecule has 2 N–H and O–H groups in total. The zero-order valence-electron chi connectivity index (χ0n) is 24.8. The summed E-state index contributed by atoms with van der Waals surface area (Å²) in [6.07, 6.45) is -0.757. The van der Waals surface area contributed by atoms with Crippen LogP contribution in [0, 0.1) is 5.82 Å². The second kappa shape index (κ2) is 14.5. The molecule has 2 aromatic heterocycles. The van der Waals surface area contributed by atoms with Crippen LogP contribution < -0.4 is 103 Å². The van der Waals surface area contributed by atoms with E-state index >= 15 is 0 Å². The molecule has 15 nitrogen and oxygen atoms in total. The molecule has 214 valence electrons. The molecule has 0 atom stereocenters. The van der Waals surface area contributed by atoms with E-state index in [-0.39, 0.29) is 82.4 Å². The molecule has 0 aliphatic carbocycles. The molecule has 4 rings (SSSR count). The van der Waals surface area contributed by atoms with Gasteiger partial charge >= 0.3 is 59.1 Å². The van der Waals surface area contributed by atoms with E-state index in [1.807, 2.05) is 0 Å². The van der Waals surface area contributed by atoms with Crippen LogP contribution in [0.4, 0.5) is 33.5 Å². The number of aromatic nitrogens is 3. The van der Waals surface area contributed by atoms with E-state index < -0.39 is 43.9 Å². The van der Waals surface area contributed by atoms with Crippen LogP contribution in [-0.2, 0) is 13.9 Å². The molecule has 0 saturated heterocycles. The maximum absolute atomic E-state index is 14.9. The summed E-state index contributed by atoms with van der Waals surface area (Å²) < 4.78 is 59.7. The Morgan fingerprint density at radius 1 is 1.10 bits per heavy atom. The Morgan fingerprint density at radius 3 is 2.31 bits per heavy atom. The number of carbonyl (C=O) groups is 1. The van der Waals surface area contributed by atoms with Crippen LogP contribution in [0.25, 0.3) is 0 Å². The normalized spacial score (nSPS) is 13.9. The van der Waals surface area contributed by atoms with Gasteiger partial charge in [0, 0.05) is 17.8 Å². The number of rotatable bonds is 10. The molecule has 0 saturated carbocycles. The van der Waals surface area contributed by atoms with Gasteiger partial charge < -0.3 is 48.5 Å². The Kier molecular flexibility index (Phi) is 11.8. The van der Waals surface area contributed by atoms with Crippen LogP contribution >= 0.6 is 7.82 Å². The molecule has 0 bridgehead atoms. The number of halogens is 1. The molecule has 1 amide bonds. The predicted molar refractivity (Wildman–Crippen MR) is 135 cm³/mol. The number of methoxy groups -OCH3 is 3. The Bertz CT molecular complexity index is 1530. The average Bonchev–Trinajstić information content (AvgIpc) is 2.90. The monoisotopic (exact) mass is 625 g/mol. The minimum absolute atomic E-state index is 0. The van der Waals surface area contributed by atoms with Crippen LogP contribution in [0.15, 0.2) is 30.4 Å². The van der Waals surface area contributed by atoms with Crippen LogP contribution in [0.5, 0.6) is 23.0 Å². The zero-order chi connectivity index (χ0) is 30.1. The van der Waals surface area contributed by atoms with Gasteiger partial charge in [-0.05, 0) is 26.0 Å². The molecule has 1 aliphatic heterocycles. The first kappa shape index (κ1) is 34.3. The number of hydrogen-bond acceptors (Lipinski definition) is 14. The Morgan fingerprint density at radius 2 is 1.74 bits per heavy atom. The van der Waals surface area contributed by atoms with Crippen molar-refractivity contribution in [3.05, 3.63) is 36.3 Å². The second-order valence-corrected chi connectivity index (χ2v) is 9.71. The summed E-state index contributed by atoms with van der Waals surface area (Å²) in [6, 6.07) is 5.85. The molecule has 3 aromatic rings. The van der Waals surface area contributed by atoms with Crippen molar-refractivity contribution < 1.29 is 107 Å². The fourth-order valence-corrected chi connectivity index (χ4v) is 3.90. The van der Waals surface area contributed by atoms with Gasteiger partial charge in [0.05, 0.1) is 36.7 Å². The number of phosphoric ester groups is 1. The van der Waals surface area contributed by atoms with Crippen LogP contribution in [-0.4, -0.2) is 54.5 Å². The third-order valence-electron chi connectivity index (χ3n) is 5.42. The standard InChI is InChI=1S/C23H26FN6O9P.2Na/c1-23(2)21(31)30(11-38-40(32,33)34)20-14(39-23)6-7-17(28-20)27-19-13(24)10-25-22(29-19)26-12-8-15(35-3)18(37-5)16(9-12)36-4;;/h6-10H,11H2,1-5H3,(H2,32,33,34)(H2,25,26,27,28,29);;/q;2*+1/p-2/i10D;;. The number of benzene rings is 1. The summed E-state index contributed by atoms with van der Waals surface area (Å²) in [5.74, 6) is -1.75. The number of amides is 1. The molecule has 1 aliphatic rings. The largest absolute Gasteiger partial charge is 1.00 e. The fraction of sp³-hybridized carbons (Fsp3) is 0.304. The number of anilines is 5. The van der Waals surface area contributed by atoms with E-state index in [0.717, 1.165) is 4.90 Å². The van der Waals surface area contributed by atoms with Gasteiger partial charge in [-0.3, -0.25) is 9.69 Å². The fourth-order valence-electron chi connectivity index (χ4n) is 3.64. The van der Waals surface area contributed by atoms with Gasteiger partial charge in [-0.1, -0.05) is 0 Å². The minimum Gasteiger partial charge on any atom is -0.790 e. The van der Waals surface area contributed by atoms with Crippen LogP contribution in [0.2, 0.25) is 0 Å². The predicted octanol–water partition coefficient (Wildman–Crippen LogP) is -4.16. The molecule has 0 fully saturated rings. The summed E-state index contributed by atoms with van der Waals surface area (Å²) in [5, 5.41) is 5.44. The maximum Gasteiger partial charge on any atom is 1.00 e. The van der Waals surface area contributed by atoms with E-state index in [1.54, 1.807) is 12.1 Å². The quantitative estimate of drug-likeness (QED) is 0.163. The van der Waals surface area contributed by atoms with Gasteiger partial charge in [0.1, 0.15) is 12.5 Å². The molecule has 0 radical (unpaired) electrons. The molecule has 0 spiro atoms. The van der Waals surface area contributed by atoms with Gasteiger partial charge in [0.15, 0.2) is 40.3 Å². The van der Waals surface area contributed by atoms with E-state index in [0.29, 0.717) is 22.9 Å². The smallest absolute Gasteiger partial charge is 0.790 e. The summed E-state index contributed by atoms with van der Waals surface area (Å²) in [4.78, 5) is 47.8.